The number of nitrogens with one attached hydrogen (secondary N) is 12. The molecule has 0 saturated carbocycles. The van der Waals surface area contributed by atoms with E-state index in [4.69, 9.17) is 37.7 Å². The summed E-state index contributed by atoms with van der Waals surface area (Å²) in [5.74, 6) is -10.8. The lowest BCUT2D eigenvalue weighted by atomic mass is 10.00. The molecule has 2 unspecified atom stereocenters. The van der Waals surface area contributed by atoms with Crippen molar-refractivity contribution in [3.8, 4) is 0 Å². The van der Waals surface area contributed by atoms with Gasteiger partial charge in [-0.05, 0) is 116 Å². The zero-order valence-electron chi connectivity index (χ0n) is 53.2. The summed E-state index contributed by atoms with van der Waals surface area (Å²) in [4.78, 5) is 155. The number of benzene rings is 1. The van der Waals surface area contributed by atoms with Crippen LogP contribution in [0.2, 0.25) is 0 Å². The Balaban J connectivity index is 2.65. The summed E-state index contributed by atoms with van der Waals surface area (Å²) >= 11 is 0. The number of aliphatic hydroxyl groups is 2. The van der Waals surface area contributed by atoms with Crippen LogP contribution in [0, 0.1) is 5.92 Å². The van der Waals surface area contributed by atoms with E-state index in [2.05, 4.69) is 63.6 Å². The fourth-order valence-corrected chi connectivity index (χ4v) is 10.4. The van der Waals surface area contributed by atoms with Gasteiger partial charge in [-0.2, -0.15) is 0 Å². The molecule has 1 aliphatic rings. The fourth-order valence-electron chi connectivity index (χ4n) is 9.07. The van der Waals surface area contributed by atoms with Gasteiger partial charge in [0.1, 0.15) is 60.4 Å². The molecule has 0 bridgehead atoms. The van der Waals surface area contributed by atoms with Crippen molar-refractivity contribution >= 4 is 72.7 Å². The van der Waals surface area contributed by atoms with Crippen LogP contribution in [0.1, 0.15) is 118 Å². The van der Waals surface area contributed by atoms with Gasteiger partial charge >= 0.3 is 7.75 Å². The molecule has 1 aromatic carbocycles. The van der Waals surface area contributed by atoms with Crippen LogP contribution in [0.25, 0.3) is 0 Å². The summed E-state index contributed by atoms with van der Waals surface area (Å²) in [5, 5.41) is 51.9. The van der Waals surface area contributed by atoms with Gasteiger partial charge in [-0.1, -0.05) is 70.9 Å². The van der Waals surface area contributed by atoms with Gasteiger partial charge in [0, 0.05) is 13.0 Å². The normalized spacial score (nSPS) is 22.0. The van der Waals surface area contributed by atoms with Crippen LogP contribution in [0.3, 0.4) is 0 Å². The first-order valence-corrected chi connectivity index (χ1v) is 32.6. The van der Waals surface area contributed by atoms with Crippen LogP contribution < -0.4 is 92.2 Å². The van der Waals surface area contributed by atoms with Gasteiger partial charge in [0.2, 0.25) is 65.0 Å². The molecule has 516 valence electrons. The Bertz CT molecular complexity index is 2520. The highest BCUT2D eigenvalue weighted by Crippen LogP contribution is 2.43. The Morgan fingerprint density at radius 3 is 1.55 bits per heavy atom. The molecule has 1 aliphatic heterocycles. The SMILES string of the molecule is CCCCOP(=O)(NCC(=O)N[C@@H](CCN)C(=O)N[C@H](C(=O)N[C@@H](CCN)C(=O)N[C@H]1CCNC(=O)[C@H](C(C)O)NC(=O)[C@H](CCN)NC(=O)[C@H](CCN)NC(=O)[C@H](CC(C)C)NC(=O)[C@@H](Cc2ccccc2)NC(=O)[C@H](CCN)NC1=O)C(C)O)OCCCC. The molecule has 0 aliphatic carbocycles. The van der Waals surface area contributed by atoms with Gasteiger partial charge in [0.05, 0.1) is 32.0 Å². The van der Waals surface area contributed by atoms with Crippen LogP contribution >= 0.6 is 7.75 Å². The maximum atomic E-state index is 14.6. The smallest absolute Gasteiger partial charge is 0.391 e. The number of unbranched alkanes of at least 4 members (excludes halogenated alkanes) is 2. The Morgan fingerprint density at radius 1 is 0.593 bits per heavy atom. The van der Waals surface area contributed by atoms with E-state index in [-0.39, 0.29) is 96.8 Å². The second-order valence-electron chi connectivity index (χ2n) is 22.5. The topological polar surface area (TPSA) is 538 Å². The van der Waals surface area contributed by atoms with Crippen molar-refractivity contribution in [1.29, 1.82) is 0 Å². The summed E-state index contributed by atoms with van der Waals surface area (Å²) in [6.07, 6.45) is -2.38. The molecule has 1 heterocycles. The minimum absolute atomic E-state index is 0.0304. The van der Waals surface area contributed by atoms with E-state index in [0.717, 1.165) is 19.8 Å². The van der Waals surface area contributed by atoms with Crippen molar-refractivity contribution in [2.45, 2.75) is 191 Å². The highest BCUT2D eigenvalue weighted by Gasteiger charge is 2.38. The third kappa shape index (κ3) is 29.6. The molecule has 2 rings (SSSR count). The van der Waals surface area contributed by atoms with Crippen molar-refractivity contribution in [2.75, 3.05) is 59.0 Å². The zero-order valence-corrected chi connectivity index (χ0v) is 54.1. The number of nitrogens with two attached hydrogens (primary N) is 5. The number of carbonyl (C=O) groups excluding carboxylic acids is 11. The zero-order chi connectivity index (χ0) is 68.2. The Hall–Kier alpha value is -6.78. The van der Waals surface area contributed by atoms with Gasteiger partial charge in [-0.25, -0.2) is 9.65 Å². The molecule has 1 aromatic rings. The second kappa shape index (κ2) is 43.1. The molecule has 0 aromatic heterocycles. The fraction of sp³-hybridized carbons (Fsp3) is 0.702. The largest absolute Gasteiger partial charge is 0.405 e. The first kappa shape index (κ1) is 80.3. The van der Waals surface area contributed by atoms with Crippen LogP contribution in [0.4, 0.5) is 0 Å². The predicted octanol–water partition coefficient (Wildman–Crippen LogP) is -5.52. The van der Waals surface area contributed by atoms with Crippen LogP contribution in [-0.4, -0.2) is 207 Å². The minimum Gasteiger partial charge on any atom is -0.391 e. The molecule has 12 atom stereocenters. The lowest BCUT2D eigenvalue weighted by Crippen LogP contribution is -2.62. The highest BCUT2D eigenvalue weighted by molar-refractivity contribution is 7.51. The number of amides is 11. The van der Waals surface area contributed by atoms with Crippen molar-refractivity contribution in [2.24, 2.45) is 34.6 Å². The van der Waals surface area contributed by atoms with Gasteiger partial charge in [-0.3, -0.25) is 61.8 Å². The lowest BCUT2D eigenvalue weighted by Gasteiger charge is -2.29. The molecular weight excluding hydrogens is 1210 g/mol. The molecule has 33 nitrogen and oxygen atoms in total. The molecule has 91 heavy (non-hydrogen) atoms. The Kier molecular flexibility index (Phi) is 38.1. The van der Waals surface area contributed by atoms with Crippen molar-refractivity contribution in [1.82, 2.24) is 63.6 Å². The van der Waals surface area contributed by atoms with E-state index >= 15 is 0 Å². The quantitative estimate of drug-likeness (QED) is 0.0226. The average Bonchev–Trinajstić information content (AvgIpc) is 1.71. The van der Waals surface area contributed by atoms with E-state index in [0.29, 0.717) is 18.4 Å². The maximum Gasteiger partial charge on any atom is 0.405 e. The summed E-state index contributed by atoms with van der Waals surface area (Å²) in [5.41, 5.74) is 29.9. The average molecular weight is 1310 g/mol. The van der Waals surface area contributed by atoms with Crippen molar-refractivity contribution in [3.05, 3.63) is 35.9 Å². The van der Waals surface area contributed by atoms with Gasteiger partial charge in [0.15, 0.2) is 0 Å². The summed E-state index contributed by atoms with van der Waals surface area (Å²) < 4.78 is 24.3. The molecular formula is C57H102N17O16P. The summed E-state index contributed by atoms with van der Waals surface area (Å²) in [6.45, 7) is 7.80. The molecule has 11 amide bonds. The van der Waals surface area contributed by atoms with E-state index in [1.807, 2.05) is 13.8 Å². The molecule has 1 saturated heterocycles. The molecule has 34 heteroatoms. The predicted molar refractivity (Wildman–Crippen MR) is 336 cm³/mol. The van der Waals surface area contributed by atoms with Crippen molar-refractivity contribution < 1.29 is 76.6 Å². The number of carbonyl (C=O) groups is 11. The van der Waals surface area contributed by atoms with E-state index in [1.165, 1.54) is 6.92 Å². The minimum atomic E-state index is -3.96. The summed E-state index contributed by atoms with van der Waals surface area (Å²) in [7, 11) is -3.96. The van der Waals surface area contributed by atoms with Crippen LogP contribution in [0.15, 0.2) is 30.3 Å². The van der Waals surface area contributed by atoms with Gasteiger partial charge in [-0.15, -0.1) is 0 Å². The molecule has 0 radical (unpaired) electrons. The first-order valence-electron chi connectivity index (χ1n) is 31.1. The summed E-state index contributed by atoms with van der Waals surface area (Å²) in [6, 6.07) is -6.86. The molecule has 1 fully saturated rings. The van der Waals surface area contributed by atoms with Gasteiger partial charge in [0.25, 0.3) is 0 Å². The monoisotopic (exact) mass is 1310 g/mol. The molecule has 0 spiro atoms. The standard InChI is InChI=1S/C57H102N17O16P/c1-7-9-28-89-91(88,90-29-10-8-2)64-32-45(77)65-37(16-22-58)52(82)74-47(35(6)76)57(87)70-40(19-25-61)49(79)69-42-21-27-63-56(86)46(34(5)75)73-53(83)41(20-26-62)67-48(78)38(17-23-59)68-54(84)43(30-33(3)4)71-55(85)44(31-36-14-12-11-13-15-36)72-50(80)39(18-24-60)66-51(42)81/h11-15,33-35,37-44,46-47,75-76H,7-10,16-32,58-62H2,1-6H3,(H,63,86)(H,64,88)(H,65,77)(H,66,81)(H,67,78)(H,68,84)(H,69,79)(H,70,87)(H,71,85)(H,72,80)(H,73,83)(H,74,82)/t34?,35?,37-,38-,39-,40-,41-,42-,43-,44+,46-,47-/m0/s1. The Labute approximate surface area is 531 Å². The number of hydrogen-bond acceptors (Lipinski definition) is 21. The second-order valence-corrected chi connectivity index (χ2v) is 24.3. The van der Waals surface area contributed by atoms with E-state index < -0.39 is 165 Å². The Morgan fingerprint density at radius 2 is 1.07 bits per heavy atom. The maximum absolute atomic E-state index is 14.6. The van der Waals surface area contributed by atoms with Crippen molar-refractivity contribution in [3.63, 3.8) is 0 Å². The van der Waals surface area contributed by atoms with Crippen LogP contribution in [0.5, 0.6) is 0 Å². The lowest BCUT2D eigenvalue weighted by molar-refractivity contribution is -0.137. The molecule has 24 N–H and O–H groups in total. The third-order valence-electron chi connectivity index (χ3n) is 14.2. The van der Waals surface area contributed by atoms with E-state index in [9.17, 15) is 67.5 Å². The van der Waals surface area contributed by atoms with Gasteiger partial charge < -0.3 is 97.4 Å². The first-order chi connectivity index (χ1) is 43.2. The number of aliphatic hydroxyl groups excluding tert-OH is 2. The highest BCUT2D eigenvalue weighted by atomic mass is 31.2. The number of rotatable bonds is 34. The third-order valence-corrected chi connectivity index (χ3v) is 15.7. The number of hydrogen-bond donors (Lipinski definition) is 19. The van der Waals surface area contributed by atoms with Crippen LogP contribution in [-0.2, 0) is 72.8 Å². The van der Waals surface area contributed by atoms with E-state index in [1.54, 1.807) is 44.2 Å².